The van der Waals surface area contributed by atoms with Crippen LogP contribution in [0.2, 0.25) is 5.32 Å². The van der Waals surface area contributed by atoms with Crippen LogP contribution < -0.4 is 5.73 Å². The van der Waals surface area contributed by atoms with E-state index in [0.717, 1.165) is 11.1 Å². The van der Waals surface area contributed by atoms with Crippen LogP contribution in [0.1, 0.15) is 6.42 Å². The Bertz CT molecular complexity index is 191. The van der Waals surface area contributed by atoms with Crippen LogP contribution in [-0.4, -0.2) is 63.0 Å². The van der Waals surface area contributed by atoms with E-state index < -0.39 is 10.4 Å². The van der Waals surface area contributed by atoms with Crippen molar-refractivity contribution in [1.29, 1.82) is 0 Å². The van der Waals surface area contributed by atoms with Gasteiger partial charge in [-0.1, -0.05) is 0 Å². The topological polar surface area (TPSA) is 63.3 Å². The van der Waals surface area contributed by atoms with E-state index in [-0.39, 0.29) is 15.0 Å². The van der Waals surface area contributed by atoms with Crippen LogP contribution in [0.5, 0.6) is 0 Å². The summed E-state index contributed by atoms with van der Waals surface area (Å²) in [5, 5.41) is 9.71. The number of rotatable bonds is 7. The number of carboxylic acids is 1. The second-order valence-corrected chi connectivity index (χ2v) is 6.93. The summed E-state index contributed by atoms with van der Waals surface area (Å²) in [7, 11) is 0. The predicted molar refractivity (Wildman–Crippen MR) is 59.9 cm³/mol. The maximum atomic E-state index is 10.9. The van der Waals surface area contributed by atoms with E-state index in [2.05, 4.69) is 15.6 Å². The third kappa shape index (κ3) is 5.21. The van der Waals surface area contributed by atoms with Crippen molar-refractivity contribution in [2.24, 2.45) is 5.73 Å². The van der Waals surface area contributed by atoms with Gasteiger partial charge < -0.3 is 0 Å². The molecular weight excluding hydrogens is 320 g/mol. The molecule has 0 fully saturated rings. The summed E-state index contributed by atoms with van der Waals surface area (Å²) >= 11 is 4.31. The number of hydrogen-bond acceptors (Lipinski definition) is 3. The summed E-state index contributed by atoms with van der Waals surface area (Å²) < 4.78 is -0.990. The summed E-state index contributed by atoms with van der Waals surface area (Å²) in [5.74, 6) is -0.0683. The first-order chi connectivity index (χ1) is 6.06. The van der Waals surface area contributed by atoms with E-state index in [1.165, 1.54) is 0 Å². The normalized spacial score (nSPS) is 14.9. The van der Waals surface area contributed by atoms with E-state index in [0.29, 0.717) is 6.42 Å². The standard InChI is InChI=1S/C7H13NO2SSe2/c1-11-3-2-7(8,6(9)10)13-5-4-12/h4H,2-3,5,8H2,1H3,(H,9,10). The number of aliphatic carboxylic acids is 1. The van der Waals surface area contributed by atoms with Crippen molar-refractivity contribution in [2.45, 2.75) is 16.2 Å². The van der Waals surface area contributed by atoms with Crippen LogP contribution in [-0.2, 0) is 4.79 Å². The summed E-state index contributed by atoms with van der Waals surface area (Å²) in [6.07, 6.45) is 2.51. The van der Waals surface area contributed by atoms with Gasteiger partial charge in [0, 0.05) is 0 Å². The van der Waals surface area contributed by atoms with Crippen molar-refractivity contribution in [2.75, 3.05) is 12.0 Å². The molecule has 1 atom stereocenters. The Kier molecular flexibility index (Phi) is 7.42. The molecular formula is C7H13NO2SSe2. The predicted octanol–water partition coefficient (Wildman–Crippen LogP) is -0.428. The quantitative estimate of drug-likeness (QED) is 0.621. The molecule has 0 rings (SSSR count). The number of hydrogen-bond donors (Lipinski definition) is 2. The van der Waals surface area contributed by atoms with Crippen LogP contribution in [0.25, 0.3) is 0 Å². The summed E-state index contributed by atoms with van der Waals surface area (Å²) in [6, 6.07) is 0. The Morgan fingerprint density at radius 2 is 2.46 bits per heavy atom. The zero-order valence-electron chi connectivity index (χ0n) is 7.36. The van der Waals surface area contributed by atoms with Gasteiger partial charge in [0.25, 0.3) is 0 Å². The van der Waals surface area contributed by atoms with Gasteiger partial charge in [-0.05, 0) is 0 Å². The van der Waals surface area contributed by atoms with Gasteiger partial charge >= 0.3 is 97.0 Å². The molecule has 0 amide bonds. The van der Waals surface area contributed by atoms with Gasteiger partial charge in [0.2, 0.25) is 0 Å². The van der Waals surface area contributed by atoms with Gasteiger partial charge in [-0.25, -0.2) is 0 Å². The molecule has 0 saturated heterocycles. The van der Waals surface area contributed by atoms with Crippen molar-refractivity contribution in [1.82, 2.24) is 0 Å². The fourth-order valence-electron chi connectivity index (χ4n) is 0.677. The maximum absolute atomic E-state index is 10.9. The Morgan fingerprint density at radius 1 is 1.85 bits per heavy atom. The van der Waals surface area contributed by atoms with Crippen molar-refractivity contribution in [3.63, 3.8) is 0 Å². The van der Waals surface area contributed by atoms with Crippen LogP contribution in [0.15, 0.2) is 0 Å². The van der Waals surface area contributed by atoms with Crippen LogP contribution in [0, 0.1) is 0 Å². The summed E-state index contributed by atoms with van der Waals surface area (Å²) in [6.45, 7) is 0. The van der Waals surface area contributed by atoms with Gasteiger partial charge in [0.1, 0.15) is 0 Å². The first kappa shape index (κ1) is 13.7. The molecule has 13 heavy (non-hydrogen) atoms. The Hall–Kier alpha value is 0.689. The van der Waals surface area contributed by atoms with Crippen LogP contribution >= 0.6 is 11.8 Å². The molecule has 0 aliphatic carbocycles. The fraction of sp³-hybridized carbons (Fsp3) is 0.714. The van der Waals surface area contributed by atoms with Crippen molar-refractivity contribution < 1.29 is 9.90 Å². The molecule has 1 unspecified atom stereocenters. The fourth-order valence-corrected chi connectivity index (χ4v) is 3.78. The molecule has 76 valence electrons. The molecule has 0 radical (unpaired) electrons. The zero-order chi connectivity index (χ0) is 10.3. The third-order valence-electron chi connectivity index (χ3n) is 1.45. The Balaban J connectivity index is 4.15. The molecule has 0 aromatic carbocycles. The van der Waals surface area contributed by atoms with E-state index in [1.54, 1.807) is 11.8 Å². The van der Waals surface area contributed by atoms with Crippen molar-refractivity contribution in [3.8, 4) is 0 Å². The number of nitrogens with two attached hydrogens (primary N) is 1. The van der Waals surface area contributed by atoms with Gasteiger partial charge in [-0.3, -0.25) is 0 Å². The summed E-state index contributed by atoms with van der Waals surface area (Å²) in [4.78, 5) is 12.7. The molecule has 0 aromatic rings. The molecule has 0 heterocycles. The average molecular weight is 333 g/mol. The molecule has 6 heteroatoms. The number of thioether (sulfide) groups is 1. The Morgan fingerprint density at radius 3 is 2.85 bits per heavy atom. The van der Waals surface area contributed by atoms with Gasteiger partial charge in [0.05, 0.1) is 0 Å². The molecule has 0 aliphatic heterocycles. The van der Waals surface area contributed by atoms with Gasteiger partial charge in [-0.2, -0.15) is 0 Å². The molecule has 0 bridgehead atoms. The third-order valence-corrected chi connectivity index (χ3v) is 6.06. The van der Waals surface area contributed by atoms with Gasteiger partial charge in [-0.15, -0.1) is 0 Å². The summed E-state index contributed by atoms with van der Waals surface area (Å²) in [5.41, 5.74) is 5.79. The first-order valence-electron chi connectivity index (χ1n) is 3.65. The number of carboxylic acid groups (broad SMARTS) is 1. The molecule has 3 N–H and O–H groups in total. The van der Waals surface area contributed by atoms with E-state index >= 15 is 0 Å². The Labute approximate surface area is 96.7 Å². The SMILES string of the molecule is CSCCC(N)([Se]CC=[Se])C(=O)O. The minimum absolute atomic E-state index is 0.0696. The van der Waals surface area contributed by atoms with Crippen LogP contribution in [0.4, 0.5) is 0 Å². The van der Waals surface area contributed by atoms with Crippen molar-refractivity contribution in [3.05, 3.63) is 0 Å². The second kappa shape index (κ2) is 7.04. The average Bonchev–Trinajstić information content (AvgIpc) is 2.11. The second-order valence-electron chi connectivity index (χ2n) is 2.42. The molecule has 3 nitrogen and oxygen atoms in total. The molecule has 0 saturated carbocycles. The monoisotopic (exact) mass is 335 g/mol. The van der Waals surface area contributed by atoms with E-state index in [1.807, 2.05) is 11.2 Å². The zero-order valence-corrected chi connectivity index (χ0v) is 11.6. The van der Waals surface area contributed by atoms with Crippen molar-refractivity contribution >= 4 is 53.2 Å². The van der Waals surface area contributed by atoms with Gasteiger partial charge in [0.15, 0.2) is 0 Å². The first-order valence-corrected chi connectivity index (χ1v) is 8.10. The molecule has 0 spiro atoms. The number of carbonyl (C=O) groups is 1. The minimum atomic E-state index is -0.990. The van der Waals surface area contributed by atoms with E-state index in [9.17, 15) is 4.79 Å². The molecule has 0 aromatic heterocycles. The van der Waals surface area contributed by atoms with Crippen LogP contribution in [0.3, 0.4) is 0 Å². The van der Waals surface area contributed by atoms with E-state index in [4.69, 9.17) is 10.8 Å². The molecule has 0 aliphatic rings.